The van der Waals surface area contributed by atoms with Gasteiger partial charge in [-0.15, -0.1) is 0 Å². The van der Waals surface area contributed by atoms with Gasteiger partial charge in [-0.2, -0.15) is 0 Å². The predicted molar refractivity (Wildman–Crippen MR) is 81.2 cm³/mol. The summed E-state index contributed by atoms with van der Waals surface area (Å²) in [4.78, 5) is 0. The molecule has 0 aliphatic heterocycles. The van der Waals surface area contributed by atoms with Gasteiger partial charge >= 0.3 is 0 Å². The number of rotatable bonds is 7. The Hall–Kier alpha value is -0.820. The number of aliphatic hydroxyl groups excluding tert-OH is 1. The van der Waals surface area contributed by atoms with Crippen LogP contribution in [0.2, 0.25) is 0 Å². The van der Waals surface area contributed by atoms with E-state index in [4.69, 9.17) is 0 Å². The van der Waals surface area contributed by atoms with Crippen LogP contribution in [0.15, 0.2) is 30.3 Å². The van der Waals surface area contributed by atoms with Crippen molar-refractivity contribution < 1.29 is 5.11 Å². The van der Waals surface area contributed by atoms with Crippen LogP contribution in [0, 0.1) is 5.92 Å². The van der Waals surface area contributed by atoms with E-state index in [9.17, 15) is 5.11 Å². The van der Waals surface area contributed by atoms with Crippen molar-refractivity contribution in [3.8, 4) is 0 Å². The molecule has 0 amide bonds. The molecule has 2 rings (SSSR count). The van der Waals surface area contributed by atoms with Gasteiger partial charge in [0.25, 0.3) is 0 Å². The summed E-state index contributed by atoms with van der Waals surface area (Å²) in [6.07, 6.45) is 12.4. The Kier molecular flexibility index (Phi) is 6.43. The molecule has 1 aliphatic rings. The minimum atomic E-state index is -0.0781. The molecule has 0 aromatic heterocycles. The van der Waals surface area contributed by atoms with Gasteiger partial charge in [-0.1, -0.05) is 62.4 Å². The van der Waals surface area contributed by atoms with E-state index < -0.39 is 0 Å². The molecule has 1 heteroatoms. The minimum absolute atomic E-state index is 0.0781. The molecular weight excluding hydrogens is 232 g/mol. The zero-order valence-corrected chi connectivity index (χ0v) is 12.1. The van der Waals surface area contributed by atoms with Crippen LogP contribution in [0.4, 0.5) is 0 Å². The maximum atomic E-state index is 10.1. The van der Waals surface area contributed by atoms with E-state index in [2.05, 4.69) is 30.3 Å². The summed E-state index contributed by atoms with van der Waals surface area (Å²) in [7, 11) is 0. The molecular formula is C18H28O. The Bertz CT molecular complexity index is 327. The van der Waals surface area contributed by atoms with Gasteiger partial charge in [-0.3, -0.25) is 0 Å². The van der Waals surface area contributed by atoms with Crippen molar-refractivity contribution in [1.29, 1.82) is 0 Å². The molecule has 1 nitrogen and oxygen atoms in total. The van der Waals surface area contributed by atoms with Crippen molar-refractivity contribution in [1.82, 2.24) is 0 Å². The van der Waals surface area contributed by atoms with Crippen molar-refractivity contribution >= 4 is 0 Å². The van der Waals surface area contributed by atoms with E-state index in [1.54, 1.807) is 0 Å². The van der Waals surface area contributed by atoms with E-state index in [1.807, 2.05) is 0 Å². The highest BCUT2D eigenvalue weighted by Crippen LogP contribution is 2.28. The molecule has 0 spiro atoms. The van der Waals surface area contributed by atoms with Crippen molar-refractivity contribution in [3.05, 3.63) is 35.9 Å². The lowest BCUT2D eigenvalue weighted by Gasteiger charge is -2.22. The first-order valence-electron chi connectivity index (χ1n) is 8.06. The largest absolute Gasteiger partial charge is 0.393 e. The van der Waals surface area contributed by atoms with Crippen LogP contribution in [0.1, 0.15) is 63.4 Å². The molecule has 1 aromatic carbocycles. The van der Waals surface area contributed by atoms with E-state index >= 15 is 0 Å². The standard InChI is InChI=1S/C18H28O/c19-18(15-14-17-10-5-2-6-11-17)13-7-12-16-8-3-1-4-9-16/h1,3-4,8-9,17-19H,2,5-7,10-15H2. The highest BCUT2D eigenvalue weighted by atomic mass is 16.3. The number of aryl methyl sites for hydroxylation is 1. The molecule has 1 saturated carbocycles. The lowest BCUT2D eigenvalue weighted by Crippen LogP contribution is -2.12. The Balaban J connectivity index is 1.55. The van der Waals surface area contributed by atoms with E-state index in [1.165, 1.54) is 44.1 Å². The van der Waals surface area contributed by atoms with Gasteiger partial charge in [-0.05, 0) is 43.6 Å². The molecule has 1 aromatic rings. The zero-order valence-electron chi connectivity index (χ0n) is 12.1. The second-order valence-electron chi connectivity index (χ2n) is 6.11. The highest BCUT2D eigenvalue weighted by Gasteiger charge is 2.14. The SMILES string of the molecule is OC(CCCc1ccccc1)CCC1CCCCC1. The number of benzene rings is 1. The fraction of sp³-hybridized carbons (Fsp3) is 0.667. The topological polar surface area (TPSA) is 20.2 Å². The second-order valence-corrected chi connectivity index (χ2v) is 6.11. The monoisotopic (exact) mass is 260 g/mol. The Morgan fingerprint density at radius 1 is 1.00 bits per heavy atom. The fourth-order valence-electron chi connectivity index (χ4n) is 3.23. The third-order valence-corrected chi connectivity index (χ3v) is 4.48. The summed E-state index contributed by atoms with van der Waals surface area (Å²) < 4.78 is 0. The van der Waals surface area contributed by atoms with E-state index in [0.717, 1.165) is 31.6 Å². The summed E-state index contributed by atoms with van der Waals surface area (Å²) in [5.41, 5.74) is 1.39. The summed E-state index contributed by atoms with van der Waals surface area (Å²) in [5.74, 6) is 0.900. The summed E-state index contributed by atoms with van der Waals surface area (Å²) >= 11 is 0. The molecule has 0 radical (unpaired) electrons. The van der Waals surface area contributed by atoms with Crippen molar-refractivity contribution in [2.24, 2.45) is 5.92 Å². The van der Waals surface area contributed by atoms with Crippen LogP contribution in [0.25, 0.3) is 0 Å². The Morgan fingerprint density at radius 2 is 1.74 bits per heavy atom. The van der Waals surface area contributed by atoms with Crippen LogP contribution in [0.3, 0.4) is 0 Å². The van der Waals surface area contributed by atoms with E-state index in [-0.39, 0.29) is 6.10 Å². The number of aliphatic hydroxyl groups is 1. The predicted octanol–water partition coefficient (Wildman–Crippen LogP) is 4.73. The molecule has 1 unspecified atom stereocenters. The molecule has 0 heterocycles. The number of hydrogen-bond acceptors (Lipinski definition) is 1. The quantitative estimate of drug-likeness (QED) is 0.751. The lowest BCUT2D eigenvalue weighted by molar-refractivity contribution is 0.138. The smallest absolute Gasteiger partial charge is 0.0540 e. The van der Waals surface area contributed by atoms with Gasteiger partial charge in [0.15, 0.2) is 0 Å². The first-order chi connectivity index (χ1) is 9.34. The molecule has 0 bridgehead atoms. The zero-order chi connectivity index (χ0) is 13.3. The van der Waals surface area contributed by atoms with Gasteiger partial charge in [0.1, 0.15) is 0 Å². The maximum Gasteiger partial charge on any atom is 0.0540 e. The van der Waals surface area contributed by atoms with Gasteiger partial charge < -0.3 is 5.11 Å². The molecule has 0 saturated heterocycles. The Morgan fingerprint density at radius 3 is 2.47 bits per heavy atom. The number of hydrogen-bond donors (Lipinski definition) is 1. The van der Waals surface area contributed by atoms with Crippen LogP contribution < -0.4 is 0 Å². The summed E-state index contributed by atoms with van der Waals surface area (Å²) in [6, 6.07) is 10.6. The summed E-state index contributed by atoms with van der Waals surface area (Å²) in [6.45, 7) is 0. The molecule has 1 N–H and O–H groups in total. The van der Waals surface area contributed by atoms with Crippen LogP contribution in [0.5, 0.6) is 0 Å². The first-order valence-corrected chi connectivity index (χ1v) is 8.06. The maximum absolute atomic E-state index is 10.1. The molecule has 19 heavy (non-hydrogen) atoms. The van der Waals surface area contributed by atoms with Crippen molar-refractivity contribution in [3.63, 3.8) is 0 Å². The lowest BCUT2D eigenvalue weighted by atomic mass is 9.85. The van der Waals surface area contributed by atoms with E-state index in [0.29, 0.717) is 0 Å². The summed E-state index contributed by atoms with van der Waals surface area (Å²) in [5, 5.41) is 10.1. The van der Waals surface area contributed by atoms with Gasteiger partial charge in [-0.25, -0.2) is 0 Å². The average molecular weight is 260 g/mol. The molecule has 106 valence electrons. The average Bonchev–Trinajstić information content (AvgIpc) is 2.47. The third-order valence-electron chi connectivity index (χ3n) is 4.48. The first kappa shape index (κ1) is 14.6. The minimum Gasteiger partial charge on any atom is -0.393 e. The van der Waals surface area contributed by atoms with Crippen molar-refractivity contribution in [2.45, 2.75) is 70.3 Å². The highest BCUT2D eigenvalue weighted by molar-refractivity contribution is 5.14. The normalized spacial score (nSPS) is 18.4. The van der Waals surface area contributed by atoms with Gasteiger partial charge in [0.05, 0.1) is 6.10 Å². The molecule has 1 fully saturated rings. The fourth-order valence-corrected chi connectivity index (χ4v) is 3.23. The third kappa shape index (κ3) is 5.78. The molecule has 1 atom stereocenters. The molecule has 1 aliphatic carbocycles. The Labute approximate surface area is 118 Å². The van der Waals surface area contributed by atoms with Crippen LogP contribution >= 0.6 is 0 Å². The van der Waals surface area contributed by atoms with Crippen LogP contribution in [-0.2, 0) is 6.42 Å². The van der Waals surface area contributed by atoms with Gasteiger partial charge in [0.2, 0.25) is 0 Å². The van der Waals surface area contributed by atoms with Crippen LogP contribution in [-0.4, -0.2) is 11.2 Å². The van der Waals surface area contributed by atoms with Gasteiger partial charge in [0, 0.05) is 0 Å². The second kappa shape index (κ2) is 8.37. The van der Waals surface area contributed by atoms with Crippen molar-refractivity contribution in [2.75, 3.05) is 0 Å².